The molecular weight excluding hydrogens is 231 g/mol. The van der Waals surface area contributed by atoms with Gasteiger partial charge in [-0.15, -0.1) is 0 Å². The number of hydrogen-bond donors (Lipinski definition) is 1. The fourth-order valence-corrected chi connectivity index (χ4v) is 2.59. The first-order valence-electron chi connectivity index (χ1n) is 6.32. The molecule has 18 heavy (non-hydrogen) atoms. The van der Waals surface area contributed by atoms with Gasteiger partial charge in [0.15, 0.2) is 0 Å². The van der Waals surface area contributed by atoms with Crippen LogP contribution in [-0.4, -0.2) is 12.2 Å². The molecule has 0 radical (unpaired) electrons. The highest BCUT2D eigenvalue weighted by atomic mass is 19.1. The molecule has 1 N–H and O–H groups in total. The van der Waals surface area contributed by atoms with Crippen molar-refractivity contribution in [2.24, 2.45) is 0 Å². The number of ether oxygens (including phenoxy) is 1. The second kappa shape index (κ2) is 5.11. The molecule has 2 nitrogen and oxygen atoms in total. The third-order valence-corrected chi connectivity index (χ3v) is 3.60. The standard InChI is InChI=1S/C15H19FO2/c1-15(17,11-7-4-3-5-8-11)14-12(16)9-6-10-13(14)18-2/h6-7,9-10,17H,3-5,8H2,1-2H3. The largest absolute Gasteiger partial charge is 0.496 e. The number of aliphatic hydroxyl groups is 1. The molecule has 0 saturated heterocycles. The van der Waals surface area contributed by atoms with Crippen LogP contribution >= 0.6 is 0 Å². The van der Waals surface area contributed by atoms with Crippen molar-refractivity contribution < 1.29 is 14.2 Å². The molecule has 0 fully saturated rings. The van der Waals surface area contributed by atoms with Gasteiger partial charge in [0.25, 0.3) is 0 Å². The summed E-state index contributed by atoms with van der Waals surface area (Å²) in [5.74, 6) is -0.0303. The Bertz CT molecular complexity index is 464. The molecule has 0 heterocycles. The van der Waals surface area contributed by atoms with Gasteiger partial charge in [-0.05, 0) is 50.3 Å². The predicted octanol–water partition coefficient (Wildman–Crippen LogP) is 3.54. The quantitative estimate of drug-likeness (QED) is 0.831. The van der Waals surface area contributed by atoms with Crippen LogP contribution in [-0.2, 0) is 5.60 Å². The van der Waals surface area contributed by atoms with Gasteiger partial charge in [0.1, 0.15) is 17.2 Å². The lowest BCUT2D eigenvalue weighted by Crippen LogP contribution is -2.27. The Morgan fingerprint density at radius 1 is 1.33 bits per heavy atom. The lowest BCUT2D eigenvalue weighted by Gasteiger charge is -2.31. The van der Waals surface area contributed by atoms with E-state index in [1.165, 1.54) is 13.2 Å². The van der Waals surface area contributed by atoms with Crippen LogP contribution in [0.3, 0.4) is 0 Å². The lowest BCUT2D eigenvalue weighted by atomic mass is 9.81. The molecular formula is C15H19FO2. The summed E-state index contributed by atoms with van der Waals surface area (Å²) in [5.41, 5.74) is -0.172. The number of hydrogen-bond acceptors (Lipinski definition) is 2. The van der Waals surface area contributed by atoms with Crippen LogP contribution in [0.5, 0.6) is 5.75 Å². The number of allylic oxidation sites excluding steroid dienone is 1. The molecule has 2 rings (SSSR count). The van der Waals surface area contributed by atoms with E-state index in [0.29, 0.717) is 5.75 Å². The first-order chi connectivity index (χ1) is 8.57. The van der Waals surface area contributed by atoms with Crippen molar-refractivity contribution in [3.8, 4) is 5.75 Å². The number of benzene rings is 1. The maximum Gasteiger partial charge on any atom is 0.133 e. The first-order valence-corrected chi connectivity index (χ1v) is 6.32. The van der Waals surface area contributed by atoms with Crippen molar-refractivity contribution in [2.75, 3.05) is 7.11 Å². The van der Waals surface area contributed by atoms with Crippen molar-refractivity contribution in [2.45, 2.75) is 38.2 Å². The smallest absolute Gasteiger partial charge is 0.133 e. The molecule has 0 saturated carbocycles. The third kappa shape index (κ3) is 2.27. The summed E-state index contributed by atoms with van der Waals surface area (Å²) in [6.07, 6.45) is 5.95. The van der Waals surface area contributed by atoms with E-state index in [0.717, 1.165) is 31.3 Å². The zero-order valence-corrected chi connectivity index (χ0v) is 10.9. The summed E-state index contributed by atoms with van der Waals surface area (Å²) < 4.78 is 19.2. The highest BCUT2D eigenvalue weighted by Gasteiger charge is 2.34. The highest BCUT2D eigenvalue weighted by molar-refractivity contribution is 5.44. The average Bonchev–Trinajstić information content (AvgIpc) is 2.39. The van der Waals surface area contributed by atoms with Gasteiger partial charge in [0.2, 0.25) is 0 Å². The molecule has 1 atom stereocenters. The van der Waals surface area contributed by atoms with Gasteiger partial charge in [-0.3, -0.25) is 0 Å². The molecule has 3 heteroatoms. The number of methoxy groups -OCH3 is 1. The molecule has 0 spiro atoms. The molecule has 0 aliphatic heterocycles. The van der Waals surface area contributed by atoms with Gasteiger partial charge in [-0.2, -0.15) is 0 Å². The Morgan fingerprint density at radius 2 is 2.11 bits per heavy atom. The van der Waals surface area contributed by atoms with Crippen molar-refractivity contribution in [3.63, 3.8) is 0 Å². The second-order valence-corrected chi connectivity index (χ2v) is 4.86. The normalized spacial score (nSPS) is 19.0. The average molecular weight is 250 g/mol. The van der Waals surface area contributed by atoms with Crippen molar-refractivity contribution >= 4 is 0 Å². The molecule has 0 amide bonds. The summed E-state index contributed by atoms with van der Waals surface area (Å²) in [5, 5.41) is 10.7. The van der Waals surface area contributed by atoms with Crippen LogP contribution in [0.25, 0.3) is 0 Å². The third-order valence-electron chi connectivity index (χ3n) is 3.60. The Kier molecular flexibility index (Phi) is 3.71. The highest BCUT2D eigenvalue weighted by Crippen LogP contribution is 2.40. The van der Waals surface area contributed by atoms with Crippen LogP contribution < -0.4 is 4.74 Å². The molecule has 0 bridgehead atoms. The minimum absolute atomic E-state index is 0.237. The SMILES string of the molecule is COc1cccc(F)c1C(C)(O)C1=CCCCC1. The zero-order chi connectivity index (χ0) is 13.2. The van der Waals surface area contributed by atoms with E-state index in [1.54, 1.807) is 19.1 Å². The van der Waals surface area contributed by atoms with Crippen molar-refractivity contribution in [1.82, 2.24) is 0 Å². The fraction of sp³-hybridized carbons (Fsp3) is 0.467. The van der Waals surface area contributed by atoms with E-state index in [1.807, 2.05) is 6.08 Å². The predicted molar refractivity (Wildman–Crippen MR) is 69.1 cm³/mol. The summed E-state index contributed by atoms with van der Waals surface area (Å²) in [4.78, 5) is 0. The van der Waals surface area contributed by atoms with Gasteiger partial charge in [0.05, 0.1) is 12.7 Å². The minimum atomic E-state index is -1.29. The van der Waals surface area contributed by atoms with E-state index in [2.05, 4.69) is 0 Å². The van der Waals surface area contributed by atoms with Crippen LogP contribution in [0, 0.1) is 5.82 Å². The first kappa shape index (κ1) is 13.1. The topological polar surface area (TPSA) is 29.5 Å². The number of halogens is 1. The molecule has 1 unspecified atom stereocenters. The Balaban J connectivity index is 2.49. The molecule has 1 aliphatic carbocycles. The van der Waals surface area contributed by atoms with Crippen LogP contribution in [0.4, 0.5) is 4.39 Å². The number of rotatable bonds is 3. The van der Waals surface area contributed by atoms with Gasteiger partial charge in [-0.1, -0.05) is 12.1 Å². The summed E-state index contributed by atoms with van der Waals surface area (Å²) >= 11 is 0. The lowest BCUT2D eigenvalue weighted by molar-refractivity contribution is 0.0841. The van der Waals surface area contributed by atoms with E-state index >= 15 is 0 Å². The minimum Gasteiger partial charge on any atom is -0.496 e. The van der Waals surface area contributed by atoms with Gasteiger partial charge < -0.3 is 9.84 Å². The molecule has 1 aromatic rings. The Labute approximate surface area is 107 Å². The van der Waals surface area contributed by atoms with E-state index in [4.69, 9.17) is 4.74 Å². The fourth-order valence-electron chi connectivity index (χ4n) is 2.59. The van der Waals surface area contributed by atoms with Gasteiger partial charge >= 0.3 is 0 Å². The second-order valence-electron chi connectivity index (χ2n) is 4.86. The van der Waals surface area contributed by atoms with Gasteiger partial charge in [0, 0.05) is 0 Å². The van der Waals surface area contributed by atoms with Crippen LogP contribution in [0.1, 0.15) is 38.2 Å². The molecule has 0 aromatic heterocycles. The monoisotopic (exact) mass is 250 g/mol. The Hall–Kier alpha value is -1.35. The summed E-state index contributed by atoms with van der Waals surface area (Å²) in [7, 11) is 1.49. The van der Waals surface area contributed by atoms with Crippen LogP contribution in [0.2, 0.25) is 0 Å². The van der Waals surface area contributed by atoms with Crippen molar-refractivity contribution in [1.29, 1.82) is 0 Å². The Morgan fingerprint density at radius 3 is 2.72 bits per heavy atom. The van der Waals surface area contributed by atoms with E-state index in [-0.39, 0.29) is 5.56 Å². The molecule has 1 aromatic carbocycles. The summed E-state index contributed by atoms with van der Waals surface area (Å²) in [6, 6.07) is 4.62. The summed E-state index contributed by atoms with van der Waals surface area (Å²) in [6.45, 7) is 1.64. The van der Waals surface area contributed by atoms with Crippen molar-refractivity contribution in [3.05, 3.63) is 41.2 Å². The molecule has 1 aliphatic rings. The van der Waals surface area contributed by atoms with E-state index in [9.17, 15) is 9.50 Å². The van der Waals surface area contributed by atoms with Gasteiger partial charge in [-0.25, -0.2) is 4.39 Å². The maximum atomic E-state index is 14.0. The zero-order valence-electron chi connectivity index (χ0n) is 10.9. The van der Waals surface area contributed by atoms with E-state index < -0.39 is 11.4 Å². The molecule has 98 valence electrons. The maximum absolute atomic E-state index is 14.0. The van der Waals surface area contributed by atoms with Crippen LogP contribution in [0.15, 0.2) is 29.8 Å².